The second kappa shape index (κ2) is 7.04. The SMILES string of the molecule is COc1ccc(C(=O)C(C)NC(C)c2ccccc2)cc1. The van der Waals surface area contributed by atoms with E-state index in [1.807, 2.05) is 25.1 Å². The van der Waals surface area contributed by atoms with E-state index in [0.717, 1.165) is 5.75 Å². The molecule has 0 spiro atoms. The second-order valence-electron chi connectivity index (χ2n) is 5.11. The molecule has 2 rings (SSSR count). The highest BCUT2D eigenvalue weighted by atomic mass is 16.5. The zero-order valence-corrected chi connectivity index (χ0v) is 12.7. The zero-order valence-electron chi connectivity index (χ0n) is 12.7. The Morgan fingerprint density at radius 1 is 1.00 bits per heavy atom. The van der Waals surface area contributed by atoms with Gasteiger partial charge in [-0.25, -0.2) is 0 Å². The summed E-state index contributed by atoms with van der Waals surface area (Å²) in [6.45, 7) is 3.96. The van der Waals surface area contributed by atoms with E-state index >= 15 is 0 Å². The topological polar surface area (TPSA) is 38.3 Å². The Hall–Kier alpha value is -2.13. The van der Waals surface area contributed by atoms with Gasteiger partial charge in [-0.3, -0.25) is 4.79 Å². The van der Waals surface area contributed by atoms with Crippen molar-refractivity contribution in [3.05, 3.63) is 65.7 Å². The monoisotopic (exact) mass is 283 g/mol. The molecular weight excluding hydrogens is 262 g/mol. The molecule has 0 bridgehead atoms. The van der Waals surface area contributed by atoms with E-state index in [4.69, 9.17) is 4.74 Å². The molecule has 0 fully saturated rings. The van der Waals surface area contributed by atoms with Crippen molar-refractivity contribution in [3.8, 4) is 5.75 Å². The fourth-order valence-corrected chi connectivity index (χ4v) is 2.29. The second-order valence-corrected chi connectivity index (χ2v) is 5.11. The molecule has 0 saturated carbocycles. The van der Waals surface area contributed by atoms with E-state index in [1.165, 1.54) is 5.56 Å². The van der Waals surface area contributed by atoms with E-state index in [2.05, 4.69) is 24.4 Å². The first kappa shape index (κ1) is 15.3. The van der Waals surface area contributed by atoms with Crippen LogP contribution in [0.15, 0.2) is 54.6 Å². The van der Waals surface area contributed by atoms with Gasteiger partial charge in [-0.05, 0) is 43.7 Å². The van der Waals surface area contributed by atoms with Gasteiger partial charge in [0.2, 0.25) is 0 Å². The lowest BCUT2D eigenvalue weighted by molar-refractivity contribution is 0.0945. The molecule has 2 unspecified atom stereocenters. The van der Waals surface area contributed by atoms with Crippen LogP contribution in [0.25, 0.3) is 0 Å². The fourth-order valence-electron chi connectivity index (χ4n) is 2.29. The number of ether oxygens (including phenoxy) is 1. The average Bonchev–Trinajstić information content (AvgIpc) is 2.55. The molecule has 0 amide bonds. The van der Waals surface area contributed by atoms with Crippen molar-refractivity contribution in [1.29, 1.82) is 0 Å². The fraction of sp³-hybridized carbons (Fsp3) is 0.278. The van der Waals surface area contributed by atoms with Gasteiger partial charge < -0.3 is 10.1 Å². The van der Waals surface area contributed by atoms with Crippen LogP contribution >= 0.6 is 0 Å². The van der Waals surface area contributed by atoms with Crippen LogP contribution in [0.4, 0.5) is 0 Å². The summed E-state index contributed by atoms with van der Waals surface area (Å²) in [6, 6.07) is 17.2. The molecule has 0 aromatic heterocycles. The minimum absolute atomic E-state index is 0.0837. The van der Waals surface area contributed by atoms with Crippen molar-refractivity contribution < 1.29 is 9.53 Å². The molecule has 2 aromatic carbocycles. The Balaban J connectivity index is 2.02. The molecule has 21 heavy (non-hydrogen) atoms. The molecule has 110 valence electrons. The number of ketones is 1. The minimum atomic E-state index is -0.242. The van der Waals surface area contributed by atoms with Crippen molar-refractivity contribution in [2.24, 2.45) is 0 Å². The Morgan fingerprint density at radius 2 is 1.62 bits per heavy atom. The highest BCUT2D eigenvalue weighted by molar-refractivity contribution is 5.99. The molecular formula is C18H21NO2. The molecule has 0 saturated heterocycles. The van der Waals surface area contributed by atoms with E-state index in [-0.39, 0.29) is 17.9 Å². The summed E-state index contributed by atoms with van der Waals surface area (Å²) in [5.41, 5.74) is 1.86. The molecule has 0 heterocycles. The third-order valence-corrected chi connectivity index (χ3v) is 3.57. The number of hydrogen-bond donors (Lipinski definition) is 1. The first-order valence-corrected chi connectivity index (χ1v) is 7.11. The Bertz CT molecular complexity index is 578. The van der Waals surface area contributed by atoms with Gasteiger partial charge in [-0.2, -0.15) is 0 Å². The molecule has 3 heteroatoms. The van der Waals surface area contributed by atoms with Gasteiger partial charge in [0.1, 0.15) is 5.75 Å². The van der Waals surface area contributed by atoms with E-state index in [9.17, 15) is 4.79 Å². The summed E-state index contributed by atoms with van der Waals surface area (Å²) in [6.07, 6.45) is 0. The lowest BCUT2D eigenvalue weighted by atomic mass is 10.0. The van der Waals surface area contributed by atoms with Gasteiger partial charge in [0.25, 0.3) is 0 Å². The number of carbonyl (C=O) groups is 1. The zero-order chi connectivity index (χ0) is 15.2. The van der Waals surface area contributed by atoms with Crippen molar-refractivity contribution in [3.63, 3.8) is 0 Å². The number of rotatable bonds is 6. The smallest absolute Gasteiger partial charge is 0.179 e. The van der Waals surface area contributed by atoms with Crippen LogP contribution < -0.4 is 10.1 Å². The van der Waals surface area contributed by atoms with Crippen LogP contribution in [-0.4, -0.2) is 18.9 Å². The minimum Gasteiger partial charge on any atom is -0.497 e. The van der Waals surface area contributed by atoms with E-state index in [0.29, 0.717) is 5.56 Å². The van der Waals surface area contributed by atoms with Crippen molar-refractivity contribution >= 4 is 5.78 Å². The first-order chi connectivity index (χ1) is 10.1. The maximum absolute atomic E-state index is 12.4. The van der Waals surface area contributed by atoms with Crippen LogP contribution in [-0.2, 0) is 0 Å². The highest BCUT2D eigenvalue weighted by Gasteiger charge is 2.17. The Morgan fingerprint density at radius 3 is 2.19 bits per heavy atom. The molecule has 1 N–H and O–H groups in total. The molecule has 0 aliphatic carbocycles. The largest absolute Gasteiger partial charge is 0.497 e. The van der Waals surface area contributed by atoms with Gasteiger partial charge >= 0.3 is 0 Å². The van der Waals surface area contributed by atoms with Crippen molar-refractivity contribution in [2.45, 2.75) is 25.9 Å². The molecule has 2 aromatic rings. The van der Waals surface area contributed by atoms with Crippen LogP contribution in [0.5, 0.6) is 5.75 Å². The summed E-state index contributed by atoms with van der Waals surface area (Å²) < 4.78 is 5.10. The summed E-state index contributed by atoms with van der Waals surface area (Å²) in [5, 5.41) is 3.34. The maximum atomic E-state index is 12.4. The number of carbonyl (C=O) groups excluding carboxylic acids is 1. The summed E-state index contributed by atoms with van der Waals surface area (Å²) in [4.78, 5) is 12.4. The summed E-state index contributed by atoms with van der Waals surface area (Å²) in [7, 11) is 1.61. The molecule has 0 aliphatic heterocycles. The van der Waals surface area contributed by atoms with E-state index in [1.54, 1.807) is 31.4 Å². The highest BCUT2D eigenvalue weighted by Crippen LogP contribution is 2.15. The standard InChI is InChI=1S/C18H21NO2/c1-13(15-7-5-4-6-8-15)19-14(2)18(20)16-9-11-17(21-3)12-10-16/h4-14,19H,1-3H3. The molecule has 0 radical (unpaired) electrons. The predicted octanol–water partition coefficient (Wildman–Crippen LogP) is 3.62. The van der Waals surface area contributed by atoms with Crippen LogP contribution in [0.2, 0.25) is 0 Å². The quantitative estimate of drug-likeness (QED) is 0.823. The summed E-state index contributed by atoms with van der Waals surface area (Å²) in [5.74, 6) is 0.838. The van der Waals surface area contributed by atoms with E-state index < -0.39 is 0 Å². The van der Waals surface area contributed by atoms with Gasteiger partial charge in [-0.1, -0.05) is 30.3 Å². The molecule has 2 atom stereocenters. The maximum Gasteiger partial charge on any atom is 0.179 e. The number of nitrogens with one attached hydrogen (secondary N) is 1. The average molecular weight is 283 g/mol. The van der Waals surface area contributed by atoms with Crippen molar-refractivity contribution in [2.75, 3.05) is 7.11 Å². The number of methoxy groups -OCH3 is 1. The number of hydrogen-bond acceptors (Lipinski definition) is 3. The van der Waals surface area contributed by atoms with Gasteiger partial charge in [0.05, 0.1) is 13.2 Å². The number of benzene rings is 2. The lowest BCUT2D eigenvalue weighted by Crippen LogP contribution is -2.35. The molecule has 3 nitrogen and oxygen atoms in total. The predicted molar refractivity (Wildman–Crippen MR) is 84.8 cm³/mol. The van der Waals surface area contributed by atoms with Gasteiger partial charge in [0, 0.05) is 11.6 Å². The van der Waals surface area contributed by atoms with Crippen LogP contribution in [0.3, 0.4) is 0 Å². The normalized spacial score (nSPS) is 13.5. The lowest BCUT2D eigenvalue weighted by Gasteiger charge is -2.19. The van der Waals surface area contributed by atoms with Crippen molar-refractivity contribution in [1.82, 2.24) is 5.32 Å². The summed E-state index contributed by atoms with van der Waals surface area (Å²) >= 11 is 0. The van der Waals surface area contributed by atoms with Gasteiger partial charge in [-0.15, -0.1) is 0 Å². The third-order valence-electron chi connectivity index (χ3n) is 3.57. The number of Topliss-reactive ketones (excluding diaryl/α,β-unsaturated/α-hetero) is 1. The first-order valence-electron chi connectivity index (χ1n) is 7.11. The molecule has 0 aliphatic rings. The Labute approximate surface area is 126 Å². The Kier molecular flexibility index (Phi) is 5.12. The van der Waals surface area contributed by atoms with Crippen LogP contribution in [0, 0.1) is 0 Å². The third kappa shape index (κ3) is 3.92. The van der Waals surface area contributed by atoms with Crippen LogP contribution in [0.1, 0.15) is 35.8 Å². The van der Waals surface area contributed by atoms with Gasteiger partial charge in [0.15, 0.2) is 5.78 Å².